The lowest BCUT2D eigenvalue weighted by Crippen LogP contribution is -2.49. The number of carbonyl (C=O) groups is 2. The molecule has 1 unspecified atom stereocenters. The molecule has 2 aromatic carbocycles. The van der Waals surface area contributed by atoms with Gasteiger partial charge in [-0.25, -0.2) is 8.78 Å². The molecule has 1 aliphatic rings. The van der Waals surface area contributed by atoms with Crippen molar-refractivity contribution in [2.24, 2.45) is 5.92 Å². The minimum absolute atomic E-state index is 0.0220. The van der Waals surface area contributed by atoms with Crippen molar-refractivity contribution in [1.29, 1.82) is 0 Å². The van der Waals surface area contributed by atoms with Gasteiger partial charge in [-0.2, -0.15) is 0 Å². The van der Waals surface area contributed by atoms with Crippen LogP contribution in [0.25, 0.3) is 0 Å². The normalized spacial score (nSPS) is 16.6. The second-order valence-electron chi connectivity index (χ2n) is 10.4. The molecule has 2 amide bonds. The van der Waals surface area contributed by atoms with E-state index in [0.717, 1.165) is 30.9 Å². The standard InChI is InChI=1S/C30H41F2N3O4/c1-4-7-35(8-5-2)30(38)24-11-20(3)10-23(15-24)29(37)34-27(14-22-12-25(31)16-26(32)13-22)28(36)18-33-17-21-6-9-39-19-21/h10-13,15-16,21,27-28,33,36H,4-9,14,17-19H2,1-3H3,(H,34,37)/t21?,27-,28+/m0/s1. The Bertz CT molecular complexity index is 1080. The SMILES string of the molecule is CCCN(CCC)C(=O)c1cc(C)cc(C(=O)N[C@@H](Cc2cc(F)cc(F)c2)[C@H](O)CNCC2CCOC2)c1. The van der Waals surface area contributed by atoms with Crippen LogP contribution >= 0.6 is 0 Å². The topological polar surface area (TPSA) is 90.9 Å². The molecule has 0 aromatic heterocycles. The fraction of sp³-hybridized carbons (Fsp3) is 0.533. The van der Waals surface area contributed by atoms with Crippen molar-refractivity contribution in [2.75, 3.05) is 39.4 Å². The molecular weight excluding hydrogens is 504 g/mol. The van der Waals surface area contributed by atoms with Crippen molar-refractivity contribution in [1.82, 2.24) is 15.5 Å². The van der Waals surface area contributed by atoms with E-state index < -0.39 is 29.7 Å². The number of nitrogens with one attached hydrogen (secondary N) is 2. The molecule has 1 aliphatic heterocycles. The largest absolute Gasteiger partial charge is 0.390 e. The Hall–Kier alpha value is -2.88. The minimum Gasteiger partial charge on any atom is -0.390 e. The second-order valence-corrected chi connectivity index (χ2v) is 10.4. The lowest BCUT2D eigenvalue weighted by atomic mass is 9.99. The summed E-state index contributed by atoms with van der Waals surface area (Å²) in [4.78, 5) is 28.3. The Morgan fingerprint density at radius 3 is 2.33 bits per heavy atom. The summed E-state index contributed by atoms with van der Waals surface area (Å²) in [6, 6.07) is 7.34. The zero-order chi connectivity index (χ0) is 28.4. The first kappa shape index (κ1) is 30.7. The van der Waals surface area contributed by atoms with Gasteiger partial charge >= 0.3 is 0 Å². The molecule has 39 heavy (non-hydrogen) atoms. The summed E-state index contributed by atoms with van der Waals surface area (Å²) in [5.41, 5.74) is 1.77. The van der Waals surface area contributed by atoms with Crippen LogP contribution in [-0.2, 0) is 11.2 Å². The van der Waals surface area contributed by atoms with E-state index >= 15 is 0 Å². The molecule has 3 atom stereocenters. The number of nitrogens with zero attached hydrogens (tertiary/aromatic N) is 1. The van der Waals surface area contributed by atoms with Crippen LogP contribution in [0.3, 0.4) is 0 Å². The third-order valence-electron chi connectivity index (χ3n) is 6.83. The van der Waals surface area contributed by atoms with Gasteiger partial charge < -0.3 is 25.4 Å². The molecule has 1 fully saturated rings. The number of halogens is 2. The molecule has 3 rings (SSSR count). The molecule has 0 radical (unpaired) electrons. The predicted molar refractivity (Wildman–Crippen MR) is 147 cm³/mol. The first-order valence-corrected chi connectivity index (χ1v) is 13.8. The zero-order valence-electron chi connectivity index (χ0n) is 23.1. The van der Waals surface area contributed by atoms with Gasteiger partial charge in [-0.3, -0.25) is 9.59 Å². The van der Waals surface area contributed by atoms with Crippen LogP contribution in [0.15, 0.2) is 36.4 Å². The number of rotatable bonds is 14. The number of hydrogen-bond acceptors (Lipinski definition) is 5. The highest BCUT2D eigenvalue weighted by molar-refractivity contribution is 6.00. The van der Waals surface area contributed by atoms with Crippen LogP contribution in [0.5, 0.6) is 0 Å². The highest BCUT2D eigenvalue weighted by atomic mass is 19.1. The maximum absolute atomic E-state index is 13.9. The highest BCUT2D eigenvalue weighted by Gasteiger charge is 2.25. The number of carbonyl (C=O) groups excluding carboxylic acids is 2. The Balaban J connectivity index is 1.78. The minimum atomic E-state index is -1.03. The number of aliphatic hydroxyl groups is 1. The van der Waals surface area contributed by atoms with Gasteiger partial charge in [0.2, 0.25) is 0 Å². The van der Waals surface area contributed by atoms with Crippen LogP contribution < -0.4 is 10.6 Å². The monoisotopic (exact) mass is 545 g/mol. The molecule has 0 spiro atoms. The maximum atomic E-state index is 13.9. The summed E-state index contributed by atoms with van der Waals surface area (Å²) in [5, 5.41) is 17.1. The Kier molecular flexibility index (Phi) is 11.8. The first-order valence-electron chi connectivity index (χ1n) is 13.8. The van der Waals surface area contributed by atoms with E-state index in [4.69, 9.17) is 4.74 Å². The highest BCUT2D eigenvalue weighted by Crippen LogP contribution is 2.16. The smallest absolute Gasteiger partial charge is 0.253 e. The summed E-state index contributed by atoms with van der Waals surface area (Å²) < 4.78 is 33.1. The van der Waals surface area contributed by atoms with E-state index in [0.29, 0.717) is 49.9 Å². The molecule has 1 heterocycles. The van der Waals surface area contributed by atoms with Gasteiger partial charge in [-0.1, -0.05) is 13.8 Å². The first-order chi connectivity index (χ1) is 18.7. The third kappa shape index (κ3) is 9.37. The Morgan fingerprint density at radius 2 is 1.72 bits per heavy atom. The lowest BCUT2D eigenvalue weighted by molar-refractivity contribution is 0.0755. The molecule has 7 nitrogen and oxygen atoms in total. The number of amides is 2. The van der Waals surface area contributed by atoms with Crippen molar-refractivity contribution < 1.29 is 28.2 Å². The van der Waals surface area contributed by atoms with Gasteiger partial charge in [0.15, 0.2) is 0 Å². The molecule has 0 bridgehead atoms. The Morgan fingerprint density at radius 1 is 1.05 bits per heavy atom. The number of ether oxygens (including phenoxy) is 1. The molecule has 2 aromatic rings. The van der Waals surface area contributed by atoms with Crippen LogP contribution in [0.1, 0.15) is 65.0 Å². The third-order valence-corrected chi connectivity index (χ3v) is 6.83. The summed E-state index contributed by atoms with van der Waals surface area (Å²) in [6.07, 6.45) is 1.58. The van der Waals surface area contributed by atoms with Crippen molar-refractivity contribution >= 4 is 11.8 Å². The number of benzene rings is 2. The maximum Gasteiger partial charge on any atom is 0.253 e. The van der Waals surface area contributed by atoms with Crippen molar-refractivity contribution in [3.63, 3.8) is 0 Å². The van der Waals surface area contributed by atoms with Gasteiger partial charge in [-0.05, 0) is 80.0 Å². The van der Waals surface area contributed by atoms with Crippen molar-refractivity contribution in [3.8, 4) is 0 Å². The Labute approximate surface area is 229 Å². The molecule has 3 N–H and O–H groups in total. The van der Waals surface area contributed by atoms with Gasteiger partial charge in [0.25, 0.3) is 11.8 Å². The molecule has 0 saturated carbocycles. The predicted octanol–water partition coefficient (Wildman–Crippen LogP) is 3.86. The molecule has 0 aliphatic carbocycles. The van der Waals surface area contributed by atoms with E-state index in [1.807, 2.05) is 20.8 Å². The van der Waals surface area contributed by atoms with E-state index in [2.05, 4.69) is 10.6 Å². The van der Waals surface area contributed by atoms with Gasteiger partial charge in [0, 0.05) is 50.0 Å². The van der Waals surface area contributed by atoms with Crippen LogP contribution in [0, 0.1) is 24.5 Å². The van der Waals surface area contributed by atoms with E-state index in [9.17, 15) is 23.5 Å². The second kappa shape index (κ2) is 15.1. The lowest BCUT2D eigenvalue weighted by Gasteiger charge is -2.26. The molecule has 1 saturated heterocycles. The summed E-state index contributed by atoms with van der Waals surface area (Å²) in [6.45, 7) is 9.30. The molecular formula is C30H41F2N3O4. The van der Waals surface area contributed by atoms with Crippen molar-refractivity contribution in [3.05, 3.63) is 70.3 Å². The fourth-order valence-corrected chi connectivity index (χ4v) is 4.91. The van der Waals surface area contributed by atoms with Crippen molar-refractivity contribution in [2.45, 2.75) is 58.6 Å². The summed E-state index contributed by atoms with van der Waals surface area (Å²) in [5.74, 6) is -1.71. The summed E-state index contributed by atoms with van der Waals surface area (Å²) in [7, 11) is 0. The van der Waals surface area contributed by atoms with E-state index in [1.54, 1.807) is 23.1 Å². The number of aryl methyl sites for hydroxylation is 1. The average molecular weight is 546 g/mol. The van der Waals surface area contributed by atoms with Gasteiger partial charge in [0.1, 0.15) is 11.6 Å². The van der Waals surface area contributed by atoms with Crippen LogP contribution in [-0.4, -0.2) is 73.4 Å². The van der Waals surface area contributed by atoms with E-state index in [-0.39, 0.29) is 24.4 Å². The zero-order valence-corrected chi connectivity index (χ0v) is 23.1. The van der Waals surface area contributed by atoms with Gasteiger partial charge in [-0.15, -0.1) is 0 Å². The molecule has 9 heteroatoms. The fourth-order valence-electron chi connectivity index (χ4n) is 4.91. The van der Waals surface area contributed by atoms with Crippen LogP contribution in [0.4, 0.5) is 8.78 Å². The summed E-state index contributed by atoms with van der Waals surface area (Å²) >= 11 is 0. The number of aliphatic hydroxyl groups excluding tert-OH is 1. The average Bonchev–Trinajstić information content (AvgIpc) is 3.40. The number of hydrogen-bond donors (Lipinski definition) is 3. The quantitative estimate of drug-likeness (QED) is 0.335. The van der Waals surface area contributed by atoms with E-state index in [1.165, 1.54) is 12.1 Å². The molecule has 214 valence electrons. The van der Waals surface area contributed by atoms with Gasteiger partial charge in [0.05, 0.1) is 18.8 Å². The van der Waals surface area contributed by atoms with Crippen LogP contribution in [0.2, 0.25) is 0 Å².